The van der Waals surface area contributed by atoms with Gasteiger partial charge in [0.05, 0.1) is 13.2 Å². The van der Waals surface area contributed by atoms with Gasteiger partial charge in [-0.3, -0.25) is 9.36 Å². The van der Waals surface area contributed by atoms with E-state index >= 15 is 0 Å². The molecule has 0 aliphatic carbocycles. The summed E-state index contributed by atoms with van der Waals surface area (Å²) in [6.45, 7) is 9.68. The molecule has 1 saturated heterocycles. The summed E-state index contributed by atoms with van der Waals surface area (Å²) < 4.78 is 23.7. The minimum absolute atomic E-state index is 0.0586. The first kappa shape index (κ1) is 17.7. The van der Waals surface area contributed by atoms with Crippen molar-refractivity contribution in [2.45, 2.75) is 52.6 Å². The highest BCUT2D eigenvalue weighted by Crippen LogP contribution is 2.58. The Hall–Kier alpha value is -0.380. The molecular formula is C14H28NO4P. The van der Waals surface area contributed by atoms with Crippen molar-refractivity contribution in [3.05, 3.63) is 0 Å². The van der Waals surface area contributed by atoms with Crippen LogP contribution in [0.3, 0.4) is 0 Å². The second-order valence-corrected chi connectivity index (χ2v) is 7.28. The van der Waals surface area contributed by atoms with Gasteiger partial charge in [-0.2, -0.15) is 0 Å². The van der Waals surface area contributed by atoms with Gasteiger partial charge in [0.25, 0.3) is 0 Å². The number of carbonyl (C=O) groups is 1. The van der Waals surface area contributed by atoms with Gasteiger partial charge in [0, 0.05) is 13.1 Å². The molecule has 0 aromatic rings. The molecule has 6 heteroatoms. The van der Waals surface area contributed by atoms with E-state index in [0.29, 0.717) is 19.8 Å². The summed E-state index contributed by atoms with van der Waals surface area (Å²) in [6, 6.07) is 0. The number of hydrogen-bond acceptors (Lipinski definition) is 4. The molecule has 0 N–H and O–H groups in total. The molecule has 0 aromatic carbocycles. The first-order valence-corrected chi connectivity index (χ1v) is 9.32. The summed E-state index contributed by atoms with van der Waals surface area (Å²) >= 11 is 0. The number of likely N-dealkylation sites (tertiary alicyclic amines) is 1. The molecular weight excluding hydrogens is 277 g/mol. The fourth-order valence-electron chi connectivity index (χ4n) is 2.72. The van der Waals surface area contributed by atoms with Crippen LogP contribution in [0.25, 0.3) is 0 Å². The highest BCUT2D eigenvalue weighted by molar-refractivity contribution is 7.55. The van der Waals surface area contributed by atoms with Gasteiger partial charge in [0.15, 0.2) is 0 Å². The molecule has 0 saturated carbocycles. The largest absolute Gasteiger partial charge is 0.343 e. The number of carbonyl (C=O) groups excluding carboxylic acids is 1. The normalized spacial score (nSPS) is 23.6. The van der Waals surface area contributed by atoms with Crippen LogP contribution in [0.1, 0.15) is 47.0 Å². The molecule has 0 unspecified atom stereocenters. The predicted molar refractivity (Wildman–Crippen MR) is 79.9 cm³/mol. The summed E-state index contributed by atoms with van der Waals surface area (Å²) in [5.74, 6) is -0.00109. The number of hydrogen-bond donors (Lipinski definition) is 0. The number of amides is 1. The van der Waals surface area contributed by atoms with E-state index in [-0.39, 0.29) is 11.8 Å². The highest BCUT2D eigenvalue weighted by atomic mass is 31.2. The van der Waals surface area contributed by atoms with Crippen LogP contribution >= 0.6 is 7.60 Å². The van der Waals surface area contributed by atoms with Crippen LogP contribution < -0.4 is 0 Å². The number of unbranched alkanes of at least 4 members (excludes halogenated alkanes) is 1. The zero-order valence-electron chi connectivity index (χ0n) is 13.1. The maximum atomic E-state index is 12.9. The van der Waals surface area contributed by atoms with Crippen molar-refractivity contribution in [3.8, 4) is 0 Å². The molecule has 5 nitrogen and oxygen atoms in total. The fourth-order valence-corrected chi connectivity index (χ4v) is 5.09. The van der Waals surface area contributed by atoms with Gasteiger partial charge in [-0.1, -0.05) is 26.7 Å². The van der Waals surface area contributed by atoms with E-state index in [4.69, 9.17) is 9.05 Å². The van der Waals surface area contributed by atoms with E-state index in [1.54, 1.807) is 13.8 Å². The van der Waals surface area contributed by atoms with Crippen molar-refractivity contribution < 1.29 is 18.4 Å². The first-order valence-electron chi connectivity index (χ1n) is 7.71. The third kappa shape index (κ3) is 3.84. The minimum atomic E-state index is -3.36. The molecule has 0 spiro atoms. The van der Waals surface area contributed by atoms with Crippen LogP contribution in [0.5, 0.6) is 0 Å². The Bertz CT molecular complexity index is 351. The van der Waals surface area contributed by atoms with Crippen LogP contribution in [-0.2, 0) is 18.4 Å². The lowest BCUT2D eigenvalue weighted by Crippen LogP contribution is -2.31. The molecule has 2 atom stereocenters. The van der Waals surface area contributed by atoms with Crippen molar-refractivity contribution in [2.24, 2.45) is 5.92 Å². The van der Waals surface area contributed by atoms with Crippen LogP contribution in [0.2, 0.25) is 0 Å². The van der Waals surface area contributed by atoms with Gasteiger partial charge in [-0.15, -0.1) is 0 Å². The molecule has 20 heavy (non-hydrogen) atoms. The Morgan fingerprint density at radius 2 is 1.80 bits per heavy atom. The topological polar surface area (TPSA) is 55.8 Å². The molecule has 0 aromatic heterocycles. The predicted octanol–water partition coefficient (Wildman–Crippen LogP) is 3.29. The molecule has 1 aliphatic rings. The van der Waals surface area contributed by atoms with Crippen LogP contribution in [-0.4, -0.2) is 42.8 Å². The monoisotopic (exact) mass is 305 g/mol. The average Bonchev–Trinajstić information content (AvgIpc) is 2.74. The summed E-state index contributed by atoms with van der Waals surface area (Å²) in [7, 11) is -3.36. The van der Waals surface area contributed by atoms with E-state index in [9.17, 15) is 9.36 Å². The Kier molecular flexibility index (Phi) is 7.21. The fraction of sp³-hybridized carbons (Fsp3) is 0.929. The molecule has 1 aliphatic heterocycles. The van der Waals surface area contributed by atoms with Crippen molar-refractivity contribution in [1.29, 1.82) is 0 Å². The number of rotatable bonds is 9. The Balaban J connectivity index is 2.93. The maximum absolute atomic E-state index is 12.9. The van der Waals surface area contributed by atoms with E-state index < -0.39 is 13.3 Å². The van der Waals surface area contributed by atoms with Crippen molar-refractivity contribution in [1.82, 2.24) is 4.90 Å². The Labute approximate surface area is 122 Å². The van der Waals surface area contributed by atoms with Gasteiger partial charge < -0.3 is 13.9 Å². The molecule has 1 rings (SSSR count). The van der Waals surface area contributed by atoms with E-state index in [0.717, 1.165) is 25.8 Å². The lowest BCUT2D eigenvalue weighted by atomic mass is 10.1. The van der Waals surface area contributed by atoms with Gasteiger partial charge in [0.2, 0.25) is 5.91 Å². The average molecular weight is 305 g/mol. The number of nitrogens with zero attached hydrogens (tertiary/aromatic N) is 1. The molecule has 0 radical (unpaired) electrons. The Morgan fingerprint density at radius 3 is 2.25 bits per heavy atom. The van der Waals surface area contributed by atoms with Crippen LogP contribution in [0.15, 0.2) is 0 Å². The van der Waals surface area contributed by atoms with Gasteiger partial charge in [0.1, 0.15) is 5.66 Å². The van der Waals surface area contributed by atoms with Crippen LogP contribution in [0, 0.1) is 5.92 Å². The lowest BCUT2D eigenvalue weighted by Gasteiger charge is -2.25. The Morgan fingerprint density at radius 1 is 1.20 bits per heavy atom. The van der Waals surface area contributed by atoms with Gasteiger partial charge >= 0.3 is 7.60 Å². The smallest absolute Gasteiger partial charge is 0.342 e. The molecule has 118 valence electrons. The second-order valence-electron chi connectivity index (χ2n) is 5.13. The summed E-state index contributed by atoms with van der Waals surface area (Å²) in [6.07, 6.45) is 2.82. The first-order chi connectivity index (χ1) is 9.53. The lowest BCUT2D eigenvalue weighted by molar-refractivity contribution is -0.127. The SMILES string of the molecule is CCCCN1C[C@H](CC)[C@@H](P(=O)(OCC)OCC)C1=O. The molecule has 1 amide bonds. The van der Waals surface area contributed by atoms with Gasteiger partial charge in [-0.25, -0.2) is 0 Å². The summed E-state index contributed by atoms with van der Waals surface area (Å²) in [4.78, 5) is 14.4. The zero-order valence-corrected chi connectivity index (χ0v) is 14.0. The molecule has 1 heterocycles. The van der Waals surface area contributed by atoms with E-state index in [1.807, 2.05) is 11.8 Å². The highest BCUT2D eigenvalue weighted by Gasteiger charge is 2.51. The summed E-state index contributed by atoms with van der Waals surface area (Å²) in [5, 5.41) is 0. The third-order valence-corrected chi connectivity index (χ3v) is 6.29. The van der Waals surface area contributed by atoms with Crippen molar-refractivity contribution in [3.63, 3.8) is 0 Å². The van der Waals surface area contributed by atoms with E-state index in [1.165, 1.54) is 0 Å². The van der Waals surface area contributed by atoms with Crippen molar-refractivity contribution >= 4 is 13.5 Å². The van der Waals surface area contributed by atoms with Crippen LogP contribution in [0.4, 0.5) is 0 Å². The maximum Gasteiger partial charge on any atom is 0.343 e. The molecule has 0 bridgehead atoms. The minimum Gasteiger partial charge on any atom is -0.342 e. The summed E-state index contributed by atoms with van der Waals surface area (Å²) in [5.41, 5.74) is -0.621. The molecule has 1 fully saturated rings. The standard InChI is InChI=1S/C14H28NO4P/c1-5-9-10-15-11-12(6-2)13(14(15)16)20(17,18-7-3)19-8-4/h12-13H,5-11H2,1-4H3/t12-,13+/m0/s1. The van der Waals surface area contributed by atoms with E-state index in [2.05, 4.69) is 6.92 Å². The third-order valence-electron chi connectivity index (χ3n) is 3.73. The zero-order chi connectivity index (χ0) is 15.2. The van der Waals surface area contributed by atoms with Gasteiger partial charge in [-0.05, 0) is 26.2 Å². The van der Waals surface area contributed by atoms with Crippen molar-refractivity contribution in [2.75, 3.05) is 26.3 Å². The quantitative estimate of drug-likeness (QED) is 0.613. The second kappa shape index (κ2) is 8.16.